The zero-order valence-corrected chi connectivity index (χ0v) is 22.3. The second-order valence-electron chi connectivity index (χ2n) is 9.86. The van der Waals surface area contributed by atoms with E-state index in [1.54, 1.807) is 37.9 Å². The fourth-order valence-corrected chi connectivity index (χ4v) is 5.16. The average Bonchev–Trinajstić information content (AvgIpc) is 3.51. The van der Waals surface area contributed by atoms with E-state index in [2.05, 4.69) is 27.7 Å². The monoisotopic (exact) mass is 524 g/mol. The first-order chi connectivity index (χ1) is 17.7. The lowest BCUT2D eigenvalue weighted by atomic mass is 9.86. The van der Waals surface area contributed by atoms with Gasteiger partial charge in [-0.2, -0.15) is 5.10 Å². The highest BCUT2D eigenvalue weighted by atomic mass is 32.2. The van der Waals surface area contributed by atoms with Crippen molar-refractivity contribution in [3.8, 4) is 5.69 Å². The van der Waals surface area contributed by atoms with Crippen molar-refractivity contribution in [2.45, 2.75) is 52.6 Å². The summed E-state index contributed by atoms with van der Waals surface area (Å²) in [5.74, 6) is -0.633. The van der Waals surface area contributed by atoms with E-state index in [1.807, 2.05) is 24.3 Å². The van der Waals surface area contributed by atoms with Gasteiger partial charge in [0.1, 0.15) is 24.0 Å². The standard InChI is InChI=1S/C26H32N6O4S/c1-5-6-11-28-24(34)20-13-18(12-17-7-9-19(10-8-17)31-15-27-14-29-31)22(33)21-23(20)37-16-32(21)30-25(35)36-26(2,3)4/h7-10,13-15,18H,5-6,11-12,16H2,1-4H3,(H,28,34)(H,30,35). The summed E-state index contributed by atoms with van der Waals surface area (Å²) in [5, 5.41) is 8.59. The predicted molar refractivity (Wildman–Crippen MR) is 140 cm³/mol. The second-order valence-corrected chi connectivity index (χ2v) is 10.8. The van der Waals surface area contributed by atoms with Crippen LogP contribution in [0.1, 0.15) is 46.1 Å². The van der Waals surface area contributed by atoms with Crippen LogP contribution in [0.15, 0.2) is 59.2 Å². The summed E-state index contributed by atoms with van der Waals surface area (Å²) in [7, 11) is 0. The Morgan fingerprint density at radius 3 is 2.62 bits per heavy atom. The average molecular weight is 525 g/mol. The van der Waals surface area contributed by atoms with Gasteiger partial charge >= 0.3 is 6.09 Å². The summed E-state index contributed by atoms with van der Waals surface area (Å²) < 4.78 is 7.03. The Kier molecular flexibility index (Phi) is 8.01. The molecule has 2 N–H and O–H groups in total. The van der Waals surface area contributed by atoms with E-state index in [-0.39, 0.29) is 11.7 Å². The Hall–Kier alpha value is -3.60. The number of amides is 2. The highest BCUT2D eigenvalue weighted by molar-refractivity contribution is 8.03. The molecule has 2 heterocycles. The number of thioether (sulfide) groups is 1. The summed E-state index contributed by atoms with van der Waals surface area (Å²) in [6.07, 6.45) is 6.42. The number of unbranched alkanes of at least 4 members (excludes halogenated alkanes) is 1. The molecule has 0 saturated heterocycles. The van der Waals surface area contributed by atoms with Crippen molar-refractivity contribution in [3.05, 3.63) is 64.7 Å². The molecule has 2 amide bonds. The Bertz CT molecular complexity index is 1210. The number of nitrogens with one attached hydrogen (secondary N) is 2. The number of hydrogen-bond acceptors (Lipinski definition) is 8. The van der Waals surface area contributed by atoms with Crippen LogP contribution in [0.4, 0.5) is 4.79 Å². The van der Waals surface area contributed by atoms with Gasteiger partial charge in [0, 0.05) is 12.5 Å². The zero-order chi connectivity index (χ0) is 26.6. The van der Waals surface area contributed by atoms with Gasteiger partial charge in [0.2, 0.25) is 0 Å². The summed E-state index contributed by atoms with van der Waals surface area (Å²) >= 11 is 1.35. The minimum Gasteiger partial charge on any atom is -0.443 e. The minimum absolute atomic E-state index is 0.151. The third kappa shape index (κ3) is 6.40. The molecule has 0 radical (unpaired) electrons. The highest BCUT2D eigenvalue weighted by Gasteiger charge is 2.40. The van der Waals surface area contributed by atoms with Crippen LogP contribution in [0.2, 0.25) is 0 Å². The van der Waals surface area contributed by atoms with Crippen LogP contribution in [0.5, 0.6) is 0 Å². The van der Waals surface area contributed by atoms with Crippen molar-refractivity contribution in [1.82, 2.24) is 30.5 Å². The summed E-state index contributed by atoms with van der Waals surface area (Å²) in [6.45, 7) is 7.93. The van der Waals surface area contributed by atoms with Gasteiger partial charge in [0.15, 0.2) is 5.78 Å². The number of Topliss-reactive ketones (excluding diaryl/α,β-unsaturated/α-hetero) is 1. The van der Waals surface area contributed by atoms with Crippen molar-refractivity contribution in [2.75, 3.05) is 12.4 Å². The van der Waals surface area contributed by atoms with Crippen molar-refractivity contribution < 1.29 is 19.1 Å². The lowest BCUT2D eigenvalue weighted by Crippen LogP contribution is -2.45. The Balaban J connectivity index is 1.58. The summed E-state index contributed by atoms with van der Waals surface area (Å²) in [5.41, 5.74) is 4.58. The fraction of sp³-hybridized carbons (Fsp3) is 0.423. The molecule has 1 unspecified atom stereocenters. The number of hydrogen-bond donors (Lipinski definition) is 2. The van der Waals surface area contributed by atoms with Crippen molar-refractivity contribution in [1.29, 1.82) is 0 Å². The van der Waals surface area contributed by atoms with E-state index in [0.717, 1.165) is 24.1 Å². The molecule has 0 fully saturated rings. The number of hydrazine groups is 1. The fourth-order valence-electron chi connectivity index (χ4n) is 4.05. The molecule has 0 spiro atoms. The van der Waals surface area contributed by atoms with Gasteiger partial charge in [-0.25, -0.2) is 19.9 Å². The van der Waals surface area contributed by atoms with Gasteiger partial charge < -0.3 is 10.1 Å². The molecule has 37 heavy (non-hydrogen) atoms. The van der Waals surface area contributed by atoms with E-state index in [0.29, 0.717) is 35.0 Å². The molecule has 2 aromatic rings. The largest absolute Gasteiger partial charge is 0.443 e. The second kappa shape index (κ2) is 11.2. The molecule has 0 bridgehead atoms. The Morgan fingerprint density at radius 1 is 1.22 bits per heavy atom. The minimum atomic E-state index is -0.685. The molecule has 10 nitrogen and oxygen atoms in total. The van der Waals surface area contributed by atoms with Gasteiger partial charge in [-0.05, 0) is 51.3 Å². The number of ketones is 1. The molecule has 1 aliphatic heterocycles. The molecular formula is C26H32N6O4S. The molecule has 1 aromatic heterocycles. The van der Waals surface area contributed by atoms with Crippen LogP contribution < -0.4 is 10.7 Å². The molecule has 1 atom stereocenters. The van der Waals surface area contributed by atoms with E-state index >= 15 is 0 Å². The zero-order valence-electron chi connectivity index (χ0n) is 21.5. The van der Waals surface area contributed by atoms with Gasteiger partial charge in [0.05, 0.1) is 22.0 Å². The number of allylic oxidation sites excluding steroid dienone is 2. The first kappa shape index (κ1) is 26.5. The SMILES string of the molecule is CCCCNC(=O)C1=CC(Cc2ccc(-n3cncn3)cc2)C(=O)C2=C1SCN2NC(=O)OC(C)(C)C. The summed E-state index contributed by atoms with van der Waals surface area (Å²) in [4.78, 5) is 43.8. The third-order valence-electron chi connectivity index (χ3n) is 5.77. The maximum Gasteiger partial charge on any atom is 0.426 e. The van der Waals surface area contributed by atoms with Crippen molar-refractivity contribution >= 4 is 29.5 Å². The molecule has 11 heteroatoms. The van der Waals surface area contributed by atoms with Crippen LogP contribution in [0.3, 0.4) is 0 Å². The predicted octanol–water partition coefficient (Wildman–Crippen LogP) is 3.51. The lowest BCUT2D eigenvalue weighted by molar-refractivity contribution is -0.119. The molecule has 0 saturated carbocycles. The van der Waals surface area contributed by atoms with E-state index in [4.69, 9.17) is 4.74 Å². The summed E-state index contributed by atoms with van der Waals surface area (Å²) in [6, 6.07) is 7.68. The van der Waals surface area contributed by atoms with Gasteiger partial charge in [-0.15, -0.1) is 0 Å². The maximum absolute atomic E-state index is 13.7. The Labute approximate surface area is 220 Å². The molecule has 4 rings (SSSR count). The van der Waals surface area contributed by atoms with Gasteiger partial charge in [0.25, 0.3) is 5.91 Å². The van der Waals surface area contributed by atoms with Crippen LogP contribution in [-0.4, -0.2) is 55.6 Å². The number of carbonyl (C=O) groups excluding carboxylic acids is 3. The molecule has 2 aliphatic rings. The van der Waals surface area contributed by atoms with Crippen LogP contribution in [0.25, 0.3) is 5.69 Å². The lowest BCUT2D eigenvalue weighted by Gasteiger charge is -2.28. The first-order valence-corrected chi connectivity index (χ1v) is 13.3. The molecule has 196 valence electrons. The third-order valence-corrected chi connectivity index (χ3v) is 6.86. The number of nitrogens with zero attached hydrogens (tertiary/aromatic N) is 4. The Morgan fingerprint density at radius 2 is 1.97 bits per heavy atom. The van der Waals surface area contributed by atoms with Gasteiger partial charge in [-0.3, -0.25) is 14.6 Å². The number of carbonyl (C=O) groups is 3. The van der Waals surface area contributed by atoms with E-state index in [9.17, 15) is 14.4 Å². The van der Waals surface area contributed by atoms with E-state index < -0.39 is 17.6 Å². The first-order valence-electron chi connectivity index (χ1n) is 12.3. The number of aromatic nitrogens is 3. The topological polar surface area (TPSA) is 118 Å². The van der Waals surface area contributed by atoms with Crippen LogP contribution in [0, 0.1) is 5.92 Å². The molecular weight excluding hydrogens is 492 g/mol. The molecule has 1 aliphatic carbocycles. The normalized spacial score (nSPS) is 17.4. The highest BCUT2D eigenvalue weighted by Crippen LogP contribution is 2.42. The van der Waals surface area contributed by atoms with Crippen LogP contribution in [-0.2, 0) is 20.7 Å². The smallest absolute Gasteiger partial charge is 0.426 e. The van der Waals surface area contributed by atoms with Crippen LogP contribution >= 0.6 is 11.8 Å². The number of ether oxygens (including phenoxy) is 1. The van der Waals surface area contributed by atoms with Crippen molar-refractivity contribution in [3.63, 3.8) is 0 Å². The number of rotatable bonds is 8. The van der Waals surface area contributed by atoms with Crippen molar-refractivity contribution in [2.24, 2.45) is 5.92 Å². The number of benzene rings is 1. The molecule has 1 aromatic carbocycles. The maximum atomic E-state index is 13.7. The van der Waals surface area contributed by atoms with Gasteiger partial charge in [-0.1, -0.05) is 43.3 Å². The quantitative estimate of drug-likeness (QED) is 0.504. The van der Waals surface area contributed by atoms with E-state index in [1.165, 1.54) is 23.1 Å².